The summed E-state index contributed by atoms with van der Waals surface area (Å²) in [7, 11) is 0. The molecule has 2 aromatic rings. The van der Waals surface area contributed by atoms with E-state index in [0.717, 1.165) is 30.4 Å². The molecule has 1 unspecified atom stereocenters. The van der Waals surface area contributed by atoms with Gasteiger partial charge < -0.3 is 9.47 Å². The number of ether oxygens (including phenoxy) is 2. The molecule has 1 spiro atoms. The van der Waals surface area contributed by atoms with Gasteiger partial charge in [-0.15, -0.1) is 0 Å². The fourth-order valence-corrected chi connectivity index (χ4v) is 4.43. The van der Waals surface area contributed by atoms with E-state index in [2.05, 4.69) is 10.3 Å². The van der Waals surface area contributed by atoms with Gasteiger partial charge in [-0.3, -0.25) is 0 Å². The Labute approximate surface area is 198 Å². The first kappa shape index (κ1) is 23.9. The lowest BCUT2D eigenvalue weighted by molar-refractivity contribution is -0.0612. The number of alkyl carbamates (subject to hydrolysis) is 1. The molecule has 1 N–H and O–H groups in total. The molecule has 4 rings (SSSR count). The number of nitrogens with zero attached hydrogens (tertiary/aromatic N) is 1. The third-order valence-corrected chi connectivity index (χ3v) is 6.11. The van der Waals surface area contributed by atoms with Crippen LogP contribution in [0.15, 0.2) is 47.5 Å². The maximum Gasteiger partial charge on any atom is 0.415 e. The van der Waals surface area contributed by atoms with Crippen LogP contribution in [-0.4, -0.2) is 23.3 Å². The third-order valence-electron chi connectivity index (χ3n) is 6.11. The number of carbonyl (C=O) groups is 1. The number of hydrogen-bond acceptors (Lipinski definition) is 4. The predicted molar refractivity (Wildman–Crippen MR) is 128 cm³/mol. The molecular weight excluding hydrogens is 438 g/mol. The van der Waals surface area contributed by atoms with Crippen molar-refractivity contribution in [2.45, 2.75) is 70.1 Å². The highest BCUT2D eigenvalue weighted by Crippen LogP contribution is 2.49. The van der Waals surface area contributed by atoms with Crippen LogP contribution in [0.25, 0.3) is 12.2 Å². The van der Waals surface area contributed by atoms with Crippen molar-refractivity contribution < 1.29 is 23.0 Å². The maximum absolute atomic E-state index is 15.1. The number of nitrogens with one attached hydrogen (secondary N) is 1. The Balaban J connectivity index is 1.64. The van der Waals surface area contributed by atoms with Gasteiger partial charge >= 0.3 is 6.09 Å². The highest BCUT2D eigenvalue weighted by Gasteiger charge is 2.51. The predicted octanol–water partition coefficient (Wildman–Crippen LogP) is 6.57. The maximum atomic E-state index is 15.1. The molecule has 1 saturated carbocycles. The molecule has 7 heteroatoms. The van der Waals surface area contributed by atoms with Gasteiger partial charge in [0.1, 0.15) is 22.8 Å². The standard InChI is InChI=1S/C27H30F2N2O3/c1-25(2,3)34-24(32)30-23-31-26(4,17-27(33-23)14-5-15-27)21-16-19(10-13-22(21)29)7-6-18-8-11-20(28)12-9-18/h6-13,16H,5,14-15,17H2,1-4H3,(H,30,31,32)/b7-6+. The minimum absolute atomic E-state index is 0.0503. The van der Waals surface area contributed by atoms with Crippen LogP contribution in [0.2, 0.25) is 0 Å². The molecule has 1 atom stereocenters. The van der Waals surface area contributed by atoms with Gasteiger partial charge in [-0.2, -0.15) is 0 Å². The Morgan fingerprint density at radius 3 is 2.35 bits per heavy atom. The number of amidine groups is 1. The molecule has 1 heterocycles. The largest absolute Gasteiger partial charge is 0.458 e. The Morgan fingerprint density at radius 2 is 1.74 bits per heavy atom. The molecule has 0 aromatic heterocycles. The van der Waals surface area contributed by atoms with Crippen LogP contribution in [0.1, 0.15) is 70.1 Å². The summed E-state index contributed by atoms with van der Waals surface area (Å²) in [5, 5.41) is 2.61. The van der Waals surface area contributed by atoms with Crippen LogP contribution in [0, 0.1) is 11.6 Å². The first-order valence-corrected chi connectivity index (χ1v) is 11.5. The summed E-state index contributed by atoms with van der Waals surface area (Å²) in [5.74, 6) is -0.676. The molecule has 0 saturated heterocycles. The van der Waals surface area contributed by atoms with Gasteiger partial charge in [0.15, 0.2) is 0 Å². The Kier molecular flexibility index (Phi) is 6.23. The zero-order chi connectivity index (χ0) is 24.6. The molecule has 1 amide bonds. The second-order valence-electron chi connectivity index (χ2n) is 10.3. The van der Waals surface area contributed by atoms with Crippen molar-refractivity contribution in [2.24, 2.45) is 4.99 Å². The number of hydrogen-bond donors (Lipinski definition) is 1. The first-order chi connectivity index (χ1) is 16.0. The third kappa shape index (κ3) is 5.46. The summed E-state index contributed by atoms with van der Waals surface area (Å²) in [6.45, 7) is 7.17. The van der Waals surface area contributed by atoms with Crippen LogP contribution in [-0.2, 0) is 15.0 Å². The Morgan fingerprint density at radius 1 is 1.09 bits per heavy atom. The highest BCUT2D eigenvalue weighted by molar-refractivity contribution is 5.91. The van der Waals surface area contributed by atoms with Crippen molar-refractivity contribution in [3.63, 3.8) is 0 Å². The van der Waals surface area contributed by atoms with E-state index >= 15 is 4.39 Å². The number of benzene rings is 2. The molecule has 0 radical (unpaired) electrons. The fourth-order valence-electron chi connectivity index (χ4n) is 4.43. The lowest BCUT2D eigenvalue weighted by Gasteiger charge is -2.49. The van der Waals surface area contributed by atoms with Crippen molar-refractivity contribution in [1.29, 1.82) is 0 Å². The zero-order valence-corrected chi connectivity index (χ0v) is 20.0. The number of rotatable bonds is 3. The van der Waals surface area contributed by atoms with E-state index in [-0.39, 0.29) is 17.7 Å². The monoisotopic (exact) mass is 468 g/mol. The van der Waals surface area contributed by atoms with Crippen molar-refractivity contribution in [2.75, 3.05) is 0 Å². The van der Waals surface area contributed by atoms with Crippen molar-refractivity contribution >= 4 is 24.3 Å². The normalized spacial score (nSPS) is 21.5. The molecule has 0 bridgehead atoms. The summed E-state index contributed by atoms with van der Waals surface area (Å²) in [6.07, 6.45) is 6.14. The number of halogens is 2. The minimum atomic E-state index is -0.938. The van der Waals surface area contributed by atoms with Crippen molar-refractivity contribution in [3.8, 4) is 0 Å². The van der Waals surface area contributed by atoms with Crippen molar-refractivity contribution in [3.05, 3.63) is 70.8 Å². The van der Waals surface area contributed by atoms with Gasteiger partial charge in [-0.25, -0.2) is 23.9 Å². The van der Waals surface area contributed by atoms with Crippen LogP contribution in [0.4, 0.5) is 13.6 Å². The van der Waals surface area contributed by atoms with E-state index in [1.807, 2.05) is 19.1 Å². The van der Waals surface area contributed by atoms with E-state index in [1.54, 1.807) is 45.0 Å². The number of aliphatic imine (C=N–C) groups is 1. The van der Waals surface area contributed by atoms with E-state index in [9.17, 15) is 9.18 Å². The molecule has 34 heavy (non-hydrogen) atoms. The number of amides is 1. The summed E-state index contributed by atoms with van der Waals surface area (Å²) in [5.41, 5.74) is -0.0617. The van der Waals surface area contributed by atoms with Crippen LogP contribution >= 0.6 is 0 Å². The van der Waals surface area contributed by atoms with Crippen LogP contribution in [0.3, 0.4) is 0 Å². The first-order valence-electron chi connectivity index (χ1n) is 11.5. The lowest BCUT2D eigenvalue weighted by atomic mass is 9.69. The van der Waals surface area contributed by atoms with E-state index in [4.69, 9.17) is 9.47 Å². The Bertz CT molecular complexity index is 1130. The van der Waals surface area contributed by atoms with E-state index in [0.29, 0.717) is 12.0 Å². The minimum Gasteiger partial charge on any atom is -0.458 e. The van der Waals surface area contributed by atoms with Gasteiger partial charge in [0.05, 0.1) is 5.54 Å². The number of carbonyl (C=O) groups excluding carboxylic acids is 1. The van der Waals surface area contributed by atoms with E-state index in [1.165, 1.54) is 18.2 Å². The van der Waals surface area contributed by atoms with Gasteiger partial charge in [-0.1, -0.05) is 30.4 Å². The zero-order valence-electron chi connectivity index (χ0n) is 20.0. The molecule has 1 aliphatic carbocycles. The highest BCUT2D eigenvalue weighted by atomic mass is 19.1. The van der Waals surface area contributed by atoms with Gasteiger partial charge in [-0.05, 0) is 82.3 Å². The van der Waals surface area contributed by atoms with Crippen LogP contribution < -0.4 is 5.32 Å². The average Bonchev–Trinajstić information content (AvgIpc) is 2.71. The quantitative estimate of drug-likeness (QED) is 0.518. The van der Waals surface area contributed by atoms with Gasteiger partial charge in [0.25, 0.3) is 6.02 Å². The smallest absolute Gasteiger partial charge is 0.415 e. The van der Waals surface area contributed by atoms with Gasteiger partial charge in [0.2, 0.25) is 0 Å². The molecule has 5 nitrogen and oxygen atoms in total. The molecule has 1 fully saturated rings. The summed E-state index contributed by atoms with van der Waals surface area (Å²) >= 11 is 0. The average molecular weight is 469 g/mol. The lowest BCUT2D eigenvalue weighted by Crippen LogP contribution is -2.54. The Hall–Kier alpha value is -3.22. The fraction of sp³-hybridized carbons (Fsp3) is 0.407. The summed E-state index contributed by atoms with van der Waals surface area (Å²) in [4.78, 5) is 17.0. The summed E-state index contributed by atoms with van der Waals surface area (Å²) < 4.78 is 39.7. The van der Waals surface area contributed by atoms with Crippen LogP contribution in [0.5, 0.6) is 0 Å². The summed E-state index contributed by atoms with van der Waals surface area (Å²) in [6, 6.07) is 11.1. The molecule has 1 aliphatic heterocycles. The topological polar surface area (TPSA) is 59.9 Å². The SMILES string of the molecule is CC(C)(C)OC(=O)NC1=NC(C)(c2cc(/C=C/c3ccc(F)cc3)ccc2F)CC2(CCC2)O1. The molecular formula is C27H30F2N2O3. The second kappa shape index (κ2) is 8.85. The molecule has 2 aliphatic rings. The second-order valence-corrected chi connectivity index (χ2v) is 10.3. The molecule has 180 valence electrons. The van der Waals surface area contributed by atoms with Gasteiger partial charge in [0, 0.05) is 12.0 Å². The van der Waals surface area contributed by atoms with E-state index < -0.39 is 22.8 Å². The molecule has 2 aromatic carbocycles. The van der Waals surface area contributed by atoms with Crippen molar-refractivity contribution in [1.82, 2.24) is 5.32 Å².